The molecule has 2 saturated carbocycles. The van der Waals surface area contributed by atoms with Gasteiger partial charge in [0.2, 0.25) is 0 Å². The lowest BCUT2D eigenvalue weighted by molar-refractivity contribution is -0.391. The number of ether oxygens (including phenoxy) is 2. The van der Waals surface area contributed by atoms with Crippen molar-refractivity contribution in [2.24, 2.45) is 17.8 Å². The fourth-order valence-corrected chi connectivity index (χ4v) is 8.91. The maximum absolute atomic E-state index is 5.76. The normalized spacial score (nSPS) is 27.8. The highest BCUT2D eigenvalue weighted by atomic mass is 127. The van der Waals surface area contributed by atoms with E-state index in [1.165, 1.54) is 55.2 Å². The fourth-order valence-electron chi connectivity index (χ4n) is 7.08. The van der Waals surface area contributed by atoms with Gasteiger partial charge in [0.1, 0.15) is 0 Å². The molecule has 5 unspecified atom stereocenters. The lowest BCUT2D eigenvalue weighted by atomic mass is 9.83. The molecular weight excluding hydrogens is 543 g/mol. The summed E-state index contributed by atoms with van der Waals surface area (Å²) in [7, 11) is 3.47. The molecule has 0 radical (unpaired) electrons. The van der Waals surface area contributed by atoms with E-state index < -0.39 is 0 Å². The number of methoxy groups -OCH3 is 2. The minimum absolute atomic E-state index is 0.512. The Balaban J connectivity index is 1.31. The fraction of sp³-hybridized carbons (Fsp3) is 0.500. The lowest BCUT2D eigenvalue weighted by Gasteiger charge is -2.22. The first-order chi connectivity index (χ1) is 17.0. The third kappa shape index (κ3) is 4.58. The SMILES string of the molecule is C=CCc1cc2c(cc1C1C([IH+])C1[C@H](C)C(=C)C1CCC(c3cccc(OC)c3OC)C1)CCC2. The van der Waals surface area contributed by atoms with Gasteiger partial charge in [0.25, 0.3) is 22.6 Å². The second-order valence-corrected chi connectivity index (χ2v) is 12.4. The zero-order chi connectivity index (χ0) is 24.7. The van der Waals surface area contributed by atoms with Crippen molar-refractivity contribution in [1.82, 2.24) is 0 Å². The summed E-state index contributed by atoms with van der Waals surface area (Å²) < 4.78 is 12.1. The summed E-state index contributed by atoms with van der Waals surface area (Å²) >= 11 is 2.37. The third-order valence-corrected chi connectivity index (χ3v) is 10.8. The highest BCUT2D eigenvalue weighted by Gasteiger charge is 2.60. The molecule has 0 bridgehead atoms. The molecule has 186 valence electrons. The monoisotopic (exact) mass is 583 g/mol. The van der Waals surface area contributed by atoms with Crippen LogP contribution in [0.2, 0.25) is 0 Å². The van der Waals surface area contributed by atoms with Gasteiger partial charge in [0, 0.05) is 17.4 Å². The van der Waals surface area contributed by atoms with Gasteiger partial charge in [-0.15, -0.1) is 6.58 Å². The van der Waals surface area contributed by atoms with Crippen LogP contribution in [0.3, 0.4) is 0 Å². The van der Waals surface area contributed by atoms with Crippen molar-refractivity contribution in [3.63, 3.8) is 0 Å². The van der Waals surface area contributed by atoms with E-state index in [4.69, 9.17) is 16.1 Å². The Hall–Kier alpha value is -1.75. The number of allylic oxidation sites excluding steroid dienone is 2. The Morgan fingerprint density at radius 1 is 1.11 bits per heavy atom. The van der Waals surface area contributed by atoms with E-state index in [0.29, 0.717) is 29.6 Å². The molecular formula is C32H40IO2+. The molecule has 3 aliphatic rings. The van der Waals surface area contributed by atoms with Gasteiger partial charge >= 0.3 is 0 Å². The van der Waals surface area contributed by atoms with Gasteiger partial charge in [-0.25, -0.2) is 0 Å². The molecule has 0 heterocycles. The molecule has 0 aromatic heterocycles. The van der Waals surface area contributed by atoms with Gasteiger partial charge in [-0.05, 0) is 91.0 Å². The van der Waals surface area contributed by atoms with Gasteiger partial charge in [-0.1, -0.05) is 49.4 Å². The number of hydrogen-bond donors (Lipinski definition) is 0. The van der Waals surface area contributed by atoms with Gasteiger partial charge in [0.05, 0.1) is 14.2 Å². The molecule has 0 spiro atoms. The number of benzene rings is 2. The molecule has 5 rings (SSSR count). The first-order valence-electron chi connectivity index (χ1n) is 13.3. The number of alkyl halides is 1. The van der Waals surface area contributed by atoms with Crippen molar-refractivity contribution in [3.05, 3.63) is 83.0 Å². The maximum atomic E-state index is 5.76. The van der Waals surface area contributed by atoms with E-state index in [-0.39, 0.29) is 0 Å². The van der Waals surface area contributed by atoms with Crippen LogP contribution in [0.4, 0.5) is 0 Å². The molecule has 2 aromatic carbocycles. The summed E-state index contributed by atoms with van der Waals surface area (Å²) in [5.41, 5.74) is 9.08. The summed E-state index contributed by atoms with van der Waals surface area (Å²) in [6.07, 6.45) is 10.5. The van der Waals surface area contributed by atoms with Crippen LogP contribution in [-0.4, -0.2) is 18.1 Å². The van der Waals surface area contributed by atoms with Crippen LogP contribution in [-0.2, 0) is 19.3 Å². The smallest absolute Gasteiger partial charge is 0.256 e. The Labute approximate surface area is 225 Å². The zero-order valence-corrected chi connectivity index (χ0v) is 23.8. The summed E-state index contributed by atoms with van der Waals surface area (Å²) in [6.45, 7) is 11.2. The van der Waals surface area contributed by atoms with Crippen molar-refractivity contribution in [2.75, 3.05) is 14.2 Å². The topological polar surface area (TPSA) is 18.5 Å². The predicted octanol–water partition coefficient (Wildman–Crippen LogP) is 4.06. The Bertz CT molecular complexity index is 1120. The molecule has 0 aliphatic heterocycles. The number of hydrogen-bond acceptors (Lipinski definition) is 2. The molecule has 2 aromatic rings. The number of aryl methyl sites for hydroxylation is 2. The minimum Gasteiger partial charge on any atom is -0.493 e. The van der Waals surface area contributed by atoms with Crippen LogP contribution >= 0.6 is 0 Å². The van der Waals surface area contributed by atoms with Crippen LogP contribution in [0.25, 0.3) is 0 Å². The average Bonchev–Trinajstić information content (AvgIpc) is 3.23. The van der Waals surface area contributed by atoms with E-state index in [1.54, 1.807) is 30.9 Å². The number of halogens is 1. The average molecular weight is 584 g/mol. The van der Waals surface area contributed by atoms with Crippen LogP contribution in [0, 0.1) is 17.8 Å². The number of fused-ring (bicyclic) bond motifs is 1. The molecule has 2 nitrogen and oxygen atoms in total. The van der Waals surface area contributed by atoms with Crippen LogP contribution in [0.5, 0.6) is 11.5 Å². The second kappa shape index (κ2) is 10.3. The van der Waals surface area contributed by atoms with E-state index in [2.05, 4.69) is 66.4 Å². The van der Waals surface area contributed by atoms with Crippen LogP contribution in [0.1, 0.15) is 72.3 Å². The summed E-state index contributed by atoms with van der Waals surface area (Å²) in [6, 6.07) is 11.4. The van der Waals surface area contributed by atoms with E-state index in [9.17, 15) is 0 Å². The zero-order valence-electron chi connectivity index (χ0n) is 21.5. The summed E-state index contributed by atoms with van der Waals surface area (Å²) in [4.78, 5) is 0. The predicted molar refractivity (Wildman–Crippen MR) is 142 cm³/mol. The van der Waals surface area contributed by atoms with Gasteiger partial charge in [-0.2, -0.15) is 0 Å². The van der Waals surface area contributed by atoms with Crippen LogP contribution < -0.4 is 32.1 Å². The van der Waals surface area contributed by atoms with E-state index in [1.807, 2.05) is 6.07 Å². The van der Waals surface area contributed by atoms with Gasteiger partial charge in [-0.3, -0.25) is 0 Å². The molecule has 3 heteroatoms. The highest BCUT2D eigenvalue weighted by molar-refractivity contribution is 5.49. The van der Waals surface area contributed by atoms with E-state index in [0.717, 1.165) is 21.8 Å². The molecule has 0 amide bonds. The maximum Gasteiger partial charge on any atom is 0.256 e. The van der Waals surface area contributed by atoms with Crippen LogP contribution in [0.15, 0.2) is 55.1 Å². The Kier molecular flexibility index (Phi) is 7.35. The Morgan fingerprint density at radius 2 is 1.89 bits per heavy atom. The standard InChI is InChI=1S/C32H40IO2/c1-6-9-24-17-22-10-7-11-23(22)18-27(24)30-29(31(30)33)20(3)19(2)21-14-15-25(16-21)26-12-8-13-28(34-4)32(26)35-5/h6,8,12-13,17-18,20-21,25,29-31,33H,1-2,7,9-11,14-16H2,3-5H3/q+1/t20-,21?,25?,29?,30?,31?/m1/s1. The molecule has 0 saturated heterocycles. The summed E-state index contributed by atoms with van der Waals surface area (Å²) in [5.74, 6) is 4.77. The molecule has 2 fully saturated rings. The Morgan fingerprint density at radius 3 is 2.60 bits per heavy atom. The highest BCUT2D eigenvalue weighted by Crippen LogP contribution is 2.55. The second-order valence-electron chi connectivity index (χ2n) is 10.9. The molecule has 35 heavy (non-hydrogen) atoms. The molecule has 6 atom stereocenters. The quantitative estimate of drug-likeness (QED) is 0.252. The number of para-hydroxylation sites is 1. The minimum atomic E-state index is 0.512. The summed E-state index contributed by atoms with van der Waals surface area (Å²) in [5, 5.41) is 0. The van der Waals surface area contributed by atoms with Gasteiger partial charge in [0.15, 0.2) is 15.4 Å². The van der Waals surface area contributed by atoms with Gasteiger partial charge < -0.3 is 9.47 Å². The number of rotatable bonds is 9. The lowest BCUT2D eigenvalue weighted by Crippen LogP contribution is -3.37. The van der Waals surface area contributed by atoms with Crippen molar-refractivity contribution < 1.29 is 32.1 Å². The van der Waals surface area contributed by atoms with Crippen molar-refractivity contribution in [2.45, 2.75) is 67.6 Å². The largest absolute Gasteiger partial charge is 0.493 e. The first-order valence-corrected chi connectivity index (χ1v) is 14.6. The first kappa shape index (κ1) is 24.9. The van der Waals surface area contributed by atoms with E-state index >= 15 is 0 Å². The third-order valence-electron chi connectivity index (χ3n) is 9.08. The molecule has 3 aliphatic carbocycles. The van der Waals surface area contributed by atoms with Crippen molar-refractivity contribution in [1.29, 1.82) is 0 Å². The van der Waals surface area contributed by atoms with Crippen molar-refractivity contribution in [3.8, 4) is 11.5 Å². The molecule has 0 N–H and O–H groups in total. The van der Waals surface area contributed by atoms with Crippen molar-refractivity contribution >= 4 is 0 Å².